The average molecular weight is 322 g/mol. The van der Waals surface area contributed by atoms with Crippen LogP contribution in [0.1, 0.15) is 5.01 Å². The van der Waals surface area contributed by atoms with E-state index in [-0.39, 0.29) is 12.1 Å². The zero-order valence-electron chi connectivity index (χ0n) is 12.7. The van der Waals surface area contributed by atoms with E-state index in [1.165, 1.54) is 11.3 Å². The Morgan fingerprint density at radius 3 is 2.87 bits per heavy atom. The topological polar surface area (TPSA) is 42.4 Å². The third-order valence-corrected chi connectivity index (χ3v) is 4.85. The van der Waals surface area contributed by atoms with Crippen molar-refractivity contribution in [2.24, 2.45) is 0 Å². The molecule has 0 bridgehead atoms. The highest BCUT2D eigenvalue weighted by atomic mass is 32.1. The van der Waals surface area contributed by atoms with Gasteiger partial charge in [0, 0.05) is 25.4 Å². The van der Waals surface area contributed by atoms with Crippen molar-refractivity contribution in [1.29, 1.82) is 0 Å². The number of fused-ring (bicyclic) bond motifs is 2. The molecule has 114 valence electrons. The zero-order valence-corrected chi connectivity index (χ0v) is 13.6. The molecule has 1 aliphatic carbocycles. The van der Waals surface area contributed by atoms with Gasteiger partial charge < -0.3 is 9.64 Å². The Morgan fingerprint density at radius 1 is 1.26 bits per heavy atom. The van der Waals surface area contributed by atoms with Gasteiger partial charge in [-0.25, -0.2) is 9.78 Å². The van der Waals surface area contributed by atoms with Crippen LogP contribution in [0.4, 0.5) is 0 Å². The van der Waals surface area contributed by atoms with Gasteiger partial charge in [0.1, 0.15) is 10.6 Å². The summed E-state index contributed by atoms with van der Waals surface area (Å²) in [5, 5.41) is 0.651. The third kappa shape index (κ3) is 2.40. The normalized spacial score (nSPS) is 19.7. The lowest BCUT2D eigenvalue weighted by molar-refractivity contribution is -0.138. The Kier molecular flexibility index (Phi) is 3.18. The second kappa shape index (κ2) is 5.23. The first-order valence-electron chi connectivity index (χ1n) is 7.27. The number of rotatable bonds is 2. The highest BCUT2D eigenvalue weighted by molar-refractivity contribution is 7.19. The summed E-state index contributed by atoms with van der Waals surface area (Å²) in [7, 11) is 3.91. The number of allylic oxidation sites excluding steroid dienone is 1. The Morgan fingerprint density at radius 2 is 2.09 bits per heavy atom. The molecule has 0 radical (unpaired) electrons. The van der Waals surface area contributed by atoms with E-state index in [2.05, 4.69) is 10.7 Å². The molecule has 1 aromatic heterocycles. The van der Waals surface area contributed by atoms with E-state index < -0.39 is 0 Å². The van der Waals surface area contributed by atoms with Crippen molar-refractivity contribution in [3.05, 3.63) is 64.5 Å². The maximum absolute atomic E-state index is 12.4. The van der Waals surface area contributed by atoms with Crippen molar-refractivity contribution < 1.29 is 9.53 Å². The molecule has 4 nitrogen and oxygen atoms in total. The van der Waals surface area contributed by atoms with Gasteiger partial charge in [0.2, 0.25) is 0 Å². The van der Waals surface area contributed by atoms with Crippen LogP contribution in [0.5, 0.6) is 0 Å². The maximum atomic E-state index is 12.4. The Balaban J connectivity index is 1.82. The first-order valence-corrected chi connectivity index (χ1v) is 8.08. The second-order valence-electron chi connectivity index (χ2n) is 5.59. The monoisotopic (exact) mass is 322 g/mol. The van der Waals surface area contributed by atoms with Crippen LogP contribution < -0.4 is 0 Å². The molecule has 0 amide bonds. The van der Waals surface area contributed by atoms with Gasteiger partial charge >= 0.3 is 5.97 Å². The Labute approximate surface area is 137 Å². The number of benzene rings is 1. The van der Waals surface area contributed by atoms with E-state index in [1.807, 2.05) is 61.5 Å². The summed E-state index contributed by atoms with van der Waals surface area (Å²) in [5.41, 5.74) is 6.35. The van der Waals surface area contributed by atoms with Gasteiger partial charge in [0.15, 0.2) is 6.10 Å². The standard InChI is InChI=1S/C18H14N2O2S/c1-20(2)12-8-7-11-9-13(18(21)22-15(11)10-12)17-19-14-5-3-4-6-16(14)23-17/h3-8,10,15H,1-2H3. The fourth-order valence-corrected chi connectivity index (χ4v) is 3.52. The third-order valence-electron chi connectivity index (χ3n) is 3.79. The molecular formula is C18H14N2O2S. The first-order chi connectivity index (χ1) is 11.1. The molecule has 2 aromatic rings. The molecule has 4 rings (SSSR count). The highest BCUT2D eigenvalue weighted by Crippen LogP contribution is 2.32. The number of hydrogen-bond donors (Lipinski definition) is 0. The van der Waals surface area contributed by atoms with Crippen LogP contribution in [0.25, 0.3) is 15.8 Å². The minimum Gasteiger partial charge on any atom is -0.448 e. The molecular weight excluding hydrogens is 308 g/mol. The first kappa shape index (κ1) is 14.0. The highest BCUT2D eigenvalue weighted by Gasteiger charge is 2.28. The van der Waals surface area contributed by atoms with Gasteiger partial charge in [-0.15, -0.1) is 11.3 Å². The quantitative estimate of drug-likeness (QED) is 0.629. The fourth-order valence-electron chi connectivity index (χ4n) is 2.57. The predicted octanol–water partition coefficient (Wildman–Crippen LogP) is 3.15. The number of carbonyl (C=O) groups excluding carboxylic acids is 1. The number of aromatic nitrogens is 1. The van der Waals surface area contributed by atoms with Crippen LogP contribution >= 0.6 is 11.3 Å². The molecule has 23 heavy (non-hydrogen) atoms. The number of nitrogens with zero attached hydrogens (tertiary/aromatic N) is 2. The van der Waals surface area contributed by atoms with Crippen molar-refractivity contribution in [3.8, 4) is 0 Å². The number of para-hydroxylation sites is 1. The average Bonchev–Trinajstić information content (AvgIpc) is 2.97. The second-order valence-corrected chi connectivity index (χ2v) is 6.62. The van der Waals surface area contributed by atoms with E-state index in [0.29, 0.717) is 10.6 Å². The SMILES string of the molecule is CN(C)C1=CC2OC(=O)C(c3nc4ccccc4s3)=C=C2C=C1. The molecule has 1 atom stereocenters. The molecule has 0 saturated carbocycles. The molecule has 0 N–H and O–H groups in total. The number of hydrogen-bond acceptors (Lipinski definition) is 5. The van der Waals surface area contributed by atoms with Crippen LogP contribution in [0.2, 0.25) is 0 Å². The summed E-state index contributed by atoms with van der Waals surface area (Å²) < 4.78 is 6.62. The molecule has 1 unspecified atom stereocenters. The summed E-state index contributed by atoms with van der Waals surface area (Å²) in [6, 6.07) is 7.83. The zero-order chi connectivity index (χ0) is 16.0. The minimum absolute atomic E-state index is 0.372. The molecule has 1 aliphatic heterocycles. The van der Waals surface area contributed by atoms with Crippen LogP contribution in [0.3, 0.4) is 0 Å². The lowest BCUT2D eigenvalue weighted by Gasteiger charge is -2.25. The summed E-state index contributed by atoms with van der Waals surface area (Å²) in [5.74, 6) is -0.373. The van der Waals surface area contributed by atoms with Crippen molar-refractivity contribution in [3.63, 3.8) is 0 Å². The number of ether oxygens (including phenoxy) is 1. The van der Waals surface area contributed by atoms with Crippen LogP contribution in [0.15, 0.2) is 59.5 Å². The van der Waals surface area contributed by atoms with Gasteiger partial charge in [-0.05, 0) is 30.4 Å². The number of thiazole rings is 1. The van der Waals surface area contributed by atoms with Gasteiger partial charge in [-0.1, -0.05) is 17.9 Å². The maximum Gasteiger partial charge on any atom is 0.350 e. The van der Waals surface area contributed by atoms with E-state index in [9.17, 15) is 4.79 Å². The van der Waals surface area contributed by atoms with Crippen LogP contribution in [0, 0.1) is 0 Å². The molecule has 0 spiro atoms. The number of esters is 1. The largest absolute Gasteiger partial charge is 0.448 e. The Bertz CT molecular complexity index is 910. The van der Waals surface area contributed by atoms with Crippen molar-refractivity contribution in [2.75, 3.05) is 14.1 Å². The van der Waals surface area contributed by atoms with Crippen molar-refractivity contribution in [2.45, 2.75) is 6.10 Å². The summed E-state index contributed by atoms with van der Waals surface area (Å²) in [4.78, 5) is 18.9. The van der Waals surface area contributed by atoms with Crippen molar-refractivity contribution >= 4 is 33.1 Å². The van der Waals surface area contributed by atoms with E-state index in [0.717, 1.165) is 21.5 Å². The summed E-state index contributed by atoms with van der Waals surface area (Å²) in [6.07, 6.45) is 5.49. The van der Waals surface area contributed by atoms with E-state index in [4.69, 9.17) is 4.74 Å². The van der Waals surface area contributed by atoms with Gasteiger partial charge in [-0.2, -0.15) is 0 Å². The van der Waals surface area contributed by atoms with Crippen LogP contribution in [-0.2, 0) is 9.53 Å². The summed E-state index contributed by atoms with van der Waals surface area (Å²) in [6.45, 7) is 0. The Hall–Kier alpha value is -2.62. The molecule has 0 fully saturated rings. The van der Waals surface area contributed by atoms with E-state index >= 15 is 0 Å². The van der Waals surface area contributed by atoms with E-state index in [1.54, 1.807) is 0 Å². The van der Waals surface area contributed by atoms with Crippen molar-refractivity contribution in [1.82, 2.24) is 9.88 Å². The van der Waals surface area contributed by atoms with Gasteiger partial charge in [0.25, 0.3) is 0 Å². The lowest BCUT2D eigenvalue weighted by Crippen LogP contribution is -2.25. The number of carbonyl (C=O) groups is 1. The molecule has 1 aromatic carbocycles. The molecule has 0 saturated heterocycles. The molecule has 2 heterocycles. The minimum atomic E-state index is -0.373. The summed E-state index contributed by atoms with van der Waals surface area (Å²) >= 11 is 1.48. The van der Waals surface area contributed by atoms with Gasteiger partial charge in [-0.3, -0.25) is 0 Å². The molecule has 2 aliphatic rings. The fraction of sp³-hybridized carbons (Fsp3) is 0.167. The van der Waals surface area contributed by atoms with Gasteiger partial charge in [0.05, 0.1) is 10.2 Å². The molecule has 5 heteroatoms. The smallest absolute Gasteiger partial charge is 0.350 e. The number of likely N-dealkylation sites (N-methyl/N-ethyl adjacent to an activating group) is 1. The lowest BCUT2D eigenvalue weighted by atomic mass is 10.00. The predicted molar refractivity (Wildman–Crippen MR) is 90.8 cm³/mol. The van der Waals surface area contributed by atoms with Crippen LogP contribution in [-0.4, -0.2) is 36.1 Å².